The van der Waals surface area contributed by atoms with Crippen LogP contribution in [0, 0.1) is 0 Å². The highest BCUT2D eigenvalue weighted by Crippen LogP contribution is 2.25. The first-order chi connectivity index (χ1) is 16.7. The molecule has 2 fully saturated rings. The molecule has 0 unspecified atom stereocenters. The van der Waals surface area contributed by atoms with E-state index < -0.39 is 0 Å². The van der Waals surface area contributed by atoms with Crippen LogP contribution < -0.4 is 4.90 Å². The lowest BCUT2D eigenvalue weighted by atomic mass is 10.2. The van der Waals surface area contributed by atoms with Crippen LogP contribution in [-0.4, -0.2) is 81.5 Å². The first-order valence-corrected chi connectivity index (χ1v) is 12.6. The number of carbonyl (C=O) groups excluding carboxylic acids is 2. The number of morpholine rings is 1. The van der Waals surface area contributed by atoms with Gasteiger partial charge in [-0.1, -0.05) is 42.1 Å². The second kappa shape index (κ2) is 10.4. The minimum Gasteiger partial charge on any atom is -0.378 e. The van der Waals surface area contributed by atoms with Crippen LogP contribution in [0.4, 0.5) is 5.95 Å². The summed E-state index contributed by atoms with van der Waals surface area (Å²) in [7, 11) is 0. The topological polar surface area (TPSA) is 96.4 Å². The summed E-state index contributed by atoms with van der Waals surface area (Å²) in [5.41, 5.74) is 2.12. The van der Waals surface area contributed by atoms with Crippen LogP contribution in [0.1, 0.15) is 39.3 Å². The molecule has 4 heterocycles. The number of likely N-dealkylation sites (tertiary alicyclic amines) is 1. The molecule has 0 saturated carbocycles. The predicted octanol–water partition coefficient (Wildman–Crippen LogP) is 2.70. The van der Waals surface area contributed by atoms with Gasteiger partial charge in [0.1, 0.15) is 5.69 Å². The van der Waals surface area contributed by atoms with E-state index in [-0.39, 0.29) is 17.4 Å². The summed E-state index contributed by atoms with van der Waals surface area (Å²) >= 11 is 1.37. The van der Waals surface area contributed by atoms with Crippen LogP contribution in [0.15, 0.2) is 47.8 Å². The van der Waals surface area contributed by atoms with Gasteiger partial charge < -0.3 is 19.5 Å². The molecule has 0 radical (unpaired) electrons. The van der Waals surface area contributed by atoms with E-state index in [9.17, 15) is 9.59 Å². The number of ether oxygens (including phenoxy) is 1. The van der Waals surface area contributed by atoms with Gasteiger partial charge >= 0.3 is 0 Å². The largest absolute Gasteiger partial charge is 0.378 e. The van der Waals surface area contributed by atoms with E-state index in [2.05, 4.69) is 36.8 Å². The number of H-pyrrole nitrogens is 1. The third-order valence-electron chi connectivity index (χ3n) is 6.14. The fraction of sp³-hybridized carbons (Fsp3) is 0.417. The minimum absolute atomic E-state index is 0.0399. The summed E-state index contributed by atoms with van der Waals surface area (Å²) in [6.45, 7) is 5.01. The molecule has 1 amide bonds. The molecule has 2 aromatic heterocycles. The van der Waals surface area contributed by atoms with Crippen molar-refractivity contribution in [3.63, 3.8) is 0 Å². The van der Waals surface area contributed by atoms with Crippen molar-refractivity contribution >= 4 is 29.4 Å². The van der Waals surface area contributed by atoms with Crippen molar-refractivity contribution in [2.75, 3.05) is 50.0 Å². The molecular weight excluding hydrogens is 452 g/mol. The number of Topliss-reactive ketones (excluding diaryl/α,β-unsaturated/α-hetero) is 1. The molecule has 2 aliphatic rings. The van der Waals surface area contributed by atoms with Gasteiger partial charge in [0.05, 0.1) is 25.5 Å². The summed E-state index contributed by atoms with van der Waals surface area (Å²) in [5.74, 6) is 0.915. The van der Waals surface area contributed by atoms with E-state index in [0.29, 0.717) is 36.2 Å². The zero-order valence-electron chi connectivity index (χ0n) is 19.0. The number of ketones is 1. The number of thioether (sulfide) groups is 1. The standard InChI is InChI=1S/C24H28N6O3S/c31-21(19-14-20(25-15-19)22(32)28-8-4-5-9-28)17-34-24-27-26-23(29-10-12-33-13-11-29)30(24)16-18-6-2-1-3-7-18/h1-3,6-7,14-15,25H,4-5,8-13,16-17H2. The number of benzene rings is 1. The molecule has 9 nitrogen and oxygen atoms in total. The van der Waals surface area contributed by atoms with Gasteiger partial charge in [-0.05, 0) is 24.5 Å². The van der Waals surface area contributed by atoms with E-state index >= 15 is 0 Å². The van der Waals surface area contributed by atoms with Crippen LogP contribution in [0.3, 0.4) is 0 Å². The quantitative estimate of drug-likeness (QED) is 0.391. The summed E-state index contributed by atoms with van der Waals surface area (Å²) < 4.78 is 7.55. The van der Waals surface area contributed by atoms with Crippen molar-refractivity contribution in [2.45, 2.75) is 24.5 Å². The van der Waals surface area contributed by atoms with E-state index in [1.807, 2.05) is 23.1 Å². The van der Waals surface area contributed by atoms with Crippen LogP contribution in [0.2, 0.25) is 0 Å². The molecule has 0 atom stereocenters. The Morgan fingerprint density at radius 1 is 1.03 bits per heavy atom. The maximum Gasteiger partial charge on any atom is 0.270 e. The van der Waals surface area contributed by atoms with Crippen molar-refractivity contribution in [2.24, 2.45) is 0 Å². The number of anilines is 1. The highest BCUT2D eigenvalue weighted by molar-refractivity contribution is 7.99. The van der Waals surface area contributed by atoms with E-state index in [4.69, 9.17) is 4.74 Å². The van der Waals surface area contributed by atoms with Crippen molar-refractivity contribution in [3.05, 3.63) is 59.4 Å². The number of carbonyl (C=O) groups is 2. The average molecular weight is 481 g/mol. The average Bonchev–Trinajstić information content (AvgIpc) is 3.65. The number of nitrogens with zero attached hydrogens (tertiary/aromatic N) is 5. The minimum atomic E-state index is -0.0519. The molecule has 0 bridgehead atoms. The fourth-order valence-electron chi connectivity index (χ4n) is 4.27. The summed E-state index contributed by atoms with van der Waals surface area (Å²) in [6, 6.07) is 11.8. The Morgan fingerprint density at radius 3 is 2.56 bits per heavy atom. The zero-order valence-corrected chi connectivity index (χ0v) is 19.8. The molecule has 5 rings (SSSR count). The number of rotatable bonds is 8. The summed E-state index contributed by atoms with van der Waals surface area (Å²) in [5, 5.41) is 9.56. The molecule has 10 heteroatoms. The van der Waals surface area contributed by atoms with Gasteiger partial charge in [0, 0.05) is 37.9 Å². The zero-order chi connectivity index (χ0) is 23.3. The Kier molecular flexibility index (Phi) is 6.96. The Bertz CT molecular complexity index is 1130. The SMILES string of the molecule is O=C(CSc1nnc(N2CCOCC2)n1Cc1ccccc1)c1c[nH]c(C(=O)N2CCCC2)c1. The molecule has 0 spiro atoms. The first-order valence-electron chi connectivity index (χ1n) is 11.6. The summed E-state index contributed by atoms with van der Waals surface area (Å²) in [6.07, 6.45) is 3.69. The van der Waals surface area contributed by atoms with E-state index in [1.54, 1.807) is 12.3 Å². The van der Waals surface area contributed by atoms with E-state index in [1.165, 1.54) is 11.8 Å². The fourth-order valence-corrected chi connectivity index (χ4v) is 5.10. The smallest absolute Gasteiger partial charge is 0.270 e. The highest BCUT2D eigenvalue weighted by Gasteiger charge is 2.24. The molecule has 34 heavy (non-hydrogen) atoms. The number of hydrogen-bond acceptors (Lipinski definition) is 7. The van der Waals surface area contributed by atoms with Crippen LogP contribution in [0.5, 0.6) is 0 Å². The maximum absolute atomic E-state index is 12.9. The van der Waals surface area contributed by atoms with Gasteiger partial charge in [-0.3, -0.25) is 14.2 Å². The van der Waals surface area contributed by atoms with E-state index in [0.717, 1.165) is 50.5 Å². The highest BCUT2D eigenvalue weighted by atomic mass is 32.2. The molecule has 3 aromatic rings. The molecule has 0 aliphatic carbocycles. The first kappa shape index (κ1) is 22.7. The Morgan fingerprint density at radius 2 is 1.79 bits per heavy atom. The number of hydrogen-bond donors (Lipinski definition) is 1. The third kappa shape index (κ3) is 5.02. The maximum atomic E-state index is 12.9. The molecule has 2 saturated heterocycles. The van der Waals surface area contributed by atoms with Crippen LogP contribution in [0.25, 0.3) is 0 Å². The van der Waals surface area contributed by atoms with Crippen molar-refractivity contribution in [1.29, 1.82) is 0 Å². The number of aromatic amines is 1. The lowest BCUT2D eigenvalue weighted by molar-refractivity contribution is 0.0787. The second-order valence-corrected chi connectivity index (χ2v) is 9.41. The van der Waals surface area contributed by atoms with Gasteiger partial charge in [0.15, 0.2) is 10.9 Å². The monoisotopic (exact) mass is 480 g/mol. The van der Waals surface area contributed by atoms with Crippen LogP contribution in [-0.2, 0) is 11.3 Å². The van der Waals surface area contributed by atoms with Gasteiger partial charge in [-0.25, -0.2) is 0 Å². The summed E-state index contributed by atoms with van der Waals surface area (Å²) in [4.78, 5) is 32.5. The molecular formula is C24H28N6O3S. The molecule has 1 N–H and O–H groups in total. The lowest BCUT2D eigenvalue weighted by Crippen LogP contribution is -2.38. The van der Waals surface area contributed by atoms with Gasteiger partial charge in [-0.2, -0.15) is 0 Å². The van der Waals surface area contributed by atoms with Gasteiger partial charge in [0.2, 0.25) is 5.95 Å². The lowest BCUT2D eigenvalue weighted by Gasteiger charge is -2.28. The third-order valence-corrected chi connectivity index (χ3v) is 7.10. The second-order valence-electron chi connectivity index (χ2n) is 8.47. The molecule has 2 aliphatic heterocycles. The molecule has 178 valence electrons. The van der Waals surface area contributed by atoms with Crippen molar-refractivity contribution in [3.8, 4) is 0 Å². The number of amides is 1. The van der Waals surface area contributed by atoms with Crippen molar-refractivity contribution in [1.82, 2.24) is 24.6 Å². The van der Waals surface area contributed by atoms with Crippen LogP contribution >= 0.6 is 11.8 Å². The Balaban J connectivity index is 1.29. The Hall–Kier alpha value is -3.11. The number of nitrogens with one attached hydrogen (secondary N) is 1. The molecule has 1 aromatic carbocycles. The van der Waals surface area contributed by atoms with Gasteiger partial charge in [-0.15, -0.1) is 10.2 Å². The van der Waals surface area contributed by atoms with Gasteiger partial charge in [0.25, 0.3) is 5.91 Å². The van der Waals surface area contributed by atoms with Crippen molar-refractivity contribution < 1.29 is 14.3 Å². The Labute approximate surface area is 202 Å². The predicted molar refractivity (Wildman–Crippen MR) is 130 cm³/mol. The normalized spacial score (nSPS) is 16.2. The number of aromatic nitrogens is 4.